The predicted molar refractivity (Wildman–Crippen MR) is 105 cm³/mol. The van der Waals surface area contributed by atoms with Gasteiger partial charge in [0.15, 0.2) is 0 Å². The molecule has 0 unspecified atom stereocenters. The predicted octanol–water partition coefficient (Wildman–Crippen LogP) is 3.96. The third-order valence-electron chi connectivity index (χ3n) is 4.39. The molecule has 3 aromatic heterocycles. The molecule has 4 aromatic rings. The fourth-order valence-corrected chi connectivity index (χ4v) is 3.06. The zero-order valence-electron chi connectivity index (χ0n) is 14.9. The van der Waals surface area contributed by atoms with Crippen LogP contribution >= 0.6 is 0 Å². The molecule has 0 spiro atoms. The van der Waals surface area contributed by atoms with Crippen molar-refractivity contribution >= 4 is 16.8 Å². The first-order chi connectivity index (χ1) is 13.2. The number of nitrogens with zero attached hydrogens (tertiary/aromatic N) is 4. The molecule has 0 saturated heterocycles. The number of pyridine rings is 3. The van der Waals surface area contributed by atoms with Crippen molar-refractivity contribution in [2.24, 2.45) is 0 Å². The topological polar surface area (TPSA) is 59.0 Å². The van der Waals surface area contributed by atoms with Crippen LogP contribution in [0.25, 0.3) is 22.2 Å². The molecule has 0 aliphatic rings. The van der Waals surface area contributed by atoms with E-state index in [9.17, 15) is 4.79 Å². The summed E-state index contributed by atoms with van der Waals surface area (Å²) in [4.78, 5) is 27.9. The van der Waals surface area contributed by atoms with Gasteiger partial charge in [-0.2, -0.15) is 0 Å². The smallest absolute Gasteiger partial charge is 0.254 e. The lowest BCUT2D eigenvalue weighted by Gasteiger charge is -2.19. The van der Waals surface area contributed by atoms with Gasteiger partial charge in [0.25, 0.3) is 5.91 Å². The number of aromatic nitrogens is 3. The normalized spacial score (nSPS) is 10.7. The van der Waals surface area contributed by atoms with E-state index in [0.717, 1.165) is 27.7 Å². The number of benzene rings is 1. The molecule has 0 aliphatic heterocycles. The first kappa shape index (κ1) is 16.8. The fraction of sp³-hybridized carbons (Fsp3) is 0.0909. The first-order valence-corrected chi connectivity index (χ1v) is 8.67. The van der Waals surface area contributed by atoms with Crippen LogP contribution in [0.15, 0.2) is 79.4 Å². The Kier molecular flexibility index (Phi) is 4.58. The largest absolute Gasteiger partial charge is 0.337 e. The van der Waals surface area contributed by atoms with E-state index in [4.69, 9.17) is 4.98 Å². The second-order valence-electron chi connectivity index (χ2n) is 6.34. The van der Waals surface area contributed by atoms with Crippen LogP contribution in [0.2, 0.25) is 0 Å². The van der Waals surface area contributed by atoms with Crippen LogP contribution in [-0.4, -0.2) is 32.8 Å². The average molecular weight is 354 g/mol. The van der Waals surface area contributed by atoms with Crippen molar-refractivity contribution in [3.63, 3.8) is 0 Å². The summed E-state index contributed by atoms with van der Waals surface area (Å²) in [6, 6.07) is 17.2. The van der Waals surface area contributed by atoms with E-state index in [1.165, 1.54) is 0 Å². The van der Waals surface area contributed by atoms with E-state index < -0.39 is 0 Å². The minimum absolute atomic E-state index is 0.0532. The van der Waals surface area contributed by atoms with Gasteiger partial charge in [-0.25, -0.2) is 4.98 Å². The molecule has 0 radical (unpaired) electrons. The Hall–Kier alpha value is -3.60. The highest BCUT2D eigenvalue weighted by atomic mass is 16.2. The summed E-state index contributed by atoms with van der Waals surface area (Å²) in [6.45, 7) is 0.492. The van der Waals surface area contributed by atoms with Crippen LogP contribution in [-0.2, 0) is 6.54 Å². The van der Waals surface area contributed by atoms with Crippen molar-refractivity contribution in [1.29, 1.82) is 0 Å². The van der Waals surface area contributed by atoms with Crippen LogP contribution in [0.5, 0.6) is 0 Å². The van der Waals surface area contributed by atoms with Crippen molar-refractivity contribution < 1.29 is 4.79 Å². The standard InChI is InChI=1S/C22H18N4O/c1-26(15-16-6-4-10-23-13-16)22(27)19-12-21(17-7-5-11-24-14-17)25-20-9-3-2-8-18(19)20/h2-14H,15H2,1H3. The minimum Gasteiger partial charge on any atom is -0.337 e. The molecule has 0 saturated carbocycles. The highest BCUT2D eigenvalue weighted by Gasteiger charge is 2.17. The van der Waals surface area contributed by atoms with Crippen LogP contribution < -0.4 is 0 Å². The van der Waals surface area contributed by atoms with Gasteiger partial charge in [-0.05, 0) is 35.9 Å². The van der Waals surface area contributed by atoms with Crippen LogP contribution in [0, 0.1) is 0 Å². The summed E-state index contributed by atoms with van der Waals surface area (Å²) in [5.41, 5.74) is 4.02. The van der Waals surface area contributed by atoms with Crippen molar-refractivity contribution in [3.05, 3.63) is 90.5 Å². The molecule has 5 nitrogen and oxygen atoms in total. The Bertz CT molecular complexity index is 1080. The molecule has 4 rings (SSSR count). The number of amides is 1. The number of hydrogen-bond donors (Lipinski definition) is 0. The van der Waals surface area contributed by atoms with Gasteiger partial charge in [0.05, 0.1) is 16.8 Å². The molecule has 27 heavy (non-hydrogen) atoms. The highest BCUT2D eigenvalue weighted by Crippen LogP contribution is 2.25. The van der Waals surface area contributed by atoms with E-state index in [0.29, 0.717) is 12.1 Å². The maximum Gasteiger partial charge on any atom is 0.254 e. The summed E-state index contributed by atoms with van der Waals surface area (Å²) in [5.74, 6) is -0.0532. The van der Waals surface area contributed by atoms with Gasteiger partial charge >= 0.3 is 0 Å². The quantitative estimate of drug-likeness (QED) is 0.556. The van der Waals surface area contributed by atoms with Crippen molar-refractivity contribution in [3.8, 4) is 11.3 Å². The highest BCUT2D eigenvalue weighted by molar-refractivity contribution is 6.07. The Balaban J connectivity index is 1.76. The lowest BCUT2D eigenvalue weighted by Crippen LogP contribution is -2.26. The van der Waals surface area contributed by atoms with Crippen LogP contribution in [0.1, 0.15) is 15.9 Å². The van der Waals surface area contributed by atoms with E-state index in [1.54, 1.807) is 36.7 Å². The van der Waals surface area contributed by atoms with Crippen molar-refractivity contribution in [2.45, 2.75) is 6.54 Å². The second-order valence-corrected chi connectivity index (χ2v) is 6.34. The lowest BCUT2D eigenvalue weighted by atomic mass is 10.0. The zero-order chi connectivity index (χ0) is 18.6. The zero-order valence-corrected chi connectivity index (χ0v) is 14.9. The molecule has 3 heterocycles. The second kappa shape index (κ2) is 7.33. The third-order valence-corrected chi connectivity index (χ3v) is 4.39. The maximum atomic E-state index is 13.2. The van der Waals surface area contributed by atoms with E-state index in [-0.39, 0.29) is 5.91 Å². The molecule has 0 N–H and O–H groups in total. The molecule has 0 fully saturated rings. The Labute approximate surface area is 157 Å². The van der Waals surface area contributed by atoms with E-state index in [2.05, 4.69) is 9.97 Å². The van der Waals surface area contributed by atoms with Gasteiger partial charge in [-0.15, -0.1) is 0 Å². The number of rotatable bonds is 4. The summed E-state index contributed by atoms with van der Waals surface area (Å²) in [7, 11) is 1.80. The molecule has 132 valence electrons. The minimum atomic E-state index is -0.0532. The monoisotopic (exact) mass is 354 g/mol. The van der Waals surface area contributed by atoms with Gasteiger partial charge in [0.1, 0.15) is 0 Å². The van der Waals surface area contributed by atoms with Crippen LogP contribution in [0.3, 0.4) is 0 Å². The van der Waals surface area contributed by atoms with Gasteiger partial charge in [0.2, 0.25) is 0 Å². The Morgan fingerprint density at radius 2 is 1.74 bits per heavy atom. The molecular formula is C22H18N4O. The molecule has 5 heteroatoms. The number of carbonyl (C=O) groups is 1. The number of carbonyl (C=O) groups excluding carboxylic acids is 1. The molecule has 1 aromatic carbocycles. The Morgan fingerprint density at radius 3 is 2.48 bits per heavy atom. The molecule has 0 atom stereocenters. The molecule has 1 amide bonds. The van der Waals surface area contributed by atoms with Crippen molar-refractivity contribution in [1.82, 2.24) is 19.9 Å². The maximum absolute atomic E-state index is 13.2. The summed E-state index contributed by atoms with van der Waals surface area (Å²) >= 11 is 0. The van der Waals surface area contributed by atoms with Gasteiger partial charge < -0.3 is 4.90 Å². The molecule has 0 aliphatic carbocycles. The lowest BCUT2D eigenvalue weighted by molar-refractivity contribution is 0.0787. The van der Waals surface area contributed by atoms with E-state index >= 15 is 0 Å². The number of fused-ring (bicyclic) bond motifs is 1. The first-order valence-electron chi connectivity index (χ1n) is 8.67. The molecule has 0 bridgehead atoms. The molecular weight excluding hydrogens is 336 g/mol. The van der Waals surface area contributed by atoms with Gasteiger partial charge in [-0.1, -0.05) is 24.3 Å². The number of hydrogen-bond acceptors (Lipinski definition) is 4. The summed E-state index contributed by atoms with van der Waals surface area (Å²) in [6.07, 6.45) is 6.97. The van der Waals surface area contributed by atoms with Crippen molar-refractivity contribution in [2.75, 3.05) is 7.05 Å². The van der Waals surface area contributed by atoms with E-state index in [1.807, 2.05) is 54.6 Å². The van der Waals surface area contributed by atoms with Gasteiger partial charge in [-0.3, -0.25) is 14.8 Å². The van der Waals surface area contributed by atoms with Gasteiger partial charge in [0, 0.05) is 49.3 Å². The number of para-hydroxylation sites is 1. The summed E-state index contributed by atoms with van der Waals surface area (Å²) in [5, 5.41) is 0.841. The summed E-state index contributed by atoms with van der Waals surface area (Å²) < 4.78 is 0. The SMILES string of the molecule is CN(Cc1cccnc1)C(=O)c1cc(-c2cccnc2)nc2ccccc12. The fourth-order valence-electron chi connectivity index (χ4n) is 3.06. The third kappa shape index (κ3) is 3.53. The van der Waals surface area contributed by atoms with Crippen LogP contribution in [0.4, 0.5) is 0 Å². The average Bonchev–Trinajstić information content (AvgIpc) is 2.73. The Morgan fingerprint density at radius 1 is 0.963 bits per heavy atom.